The molecule has 1 unspecified atom stereocenters. The van der Waals surface area contributed by atoms with Crippen LogP contribution in [0.3, 0.4) is 0 Å². The van der Waals surface area contributed by atoms with E-state index in [1.165, 1.54) is 0 Å². The van der Waals surface area contributed by atoms with E-state index in [4.69, 9.17) is 9.47 Å². The lowest BCUT2D eigenvalue weighted by atomic mass is 10.1. The fraction of sp³-hybridized carbons (Fsp3) is 0.571. The van der Waals surface area contributed by atoms with Crippen LogP contribution in [0.4, 0.5) is 0 Å². The van der Waals surface area contributed by atoms with Crippen molar-refractivity contribution >= 4 is 0 Å². The maximum Gasteiger partial charge on any atom is 0.127 e. The lowest BCUT2D eigenvalue weighted by Crippen LogP contribution is -2.20. The third-order valence-electron chi connectivity index (χ3n) is 2.92. The maximum absolute atomic E-state index is 9.89. The molecule has 1 atom stereocenters. The van der Waals surface area contributed by atoms with Crippen molar-refractivity contribution in [3.8, 4) is 11.5 Å². The maximum atomic E-state index is 9.89. The lowest BCUT2D eigenvalue weighted by Gasteiger charge is -2.18. The summed E-state index contributed by atoms with van der Waals surface area (Å²) in [6.07, 6.45) is 2.09. The first kappa shape index (κ1) is 14.8. The van der Waals surface area contributed by atoms with Gasteiger partial charge in [-0.3, -0.25) is 0 Å². The Hall–Kier alpha value is -1.26. The van der Waals surface area contributed by atoms with E-state index in [0.717, 1.165) is 31.6 Å². The Morgan fingerprint density at radius 2 is 2.06 bits per heavy atom. The summed E-state index contributed by atoms with van der Waals surface area (Å²) in [4.78, 5) is 0. The van der Waals surface area contributed by atoms with E-state index < -0.39 is 0 Å². The Morgan fingerprint density at radius 1 is 1.28 bits per heavy atom. The van der Waals surface area contributed by atoms with Crippen LogP contribution >= 0.6 is 0 Å². The standard InChI is InChI=1S/C14H23NO3/c1-11(15-9-4-5-10-17-2)14-12(16)7-6-8-13(14)18-3/h6-8,11,15-16H,4-5,9-10H2,1-3H3. The summed E-state index contributed by atoms with van der Waals surface area (Å²) in [6, 6.07) is 5.38. The predicted octanol–water partition coefficient (Wildman–Crippen LogP) is 2.48. The molecule has 0 radical (unpaired) electrons. The molecule has 0 aliphatic rings. The number of phenols is 1. The highest BCUT2D eigenvalue weighted by Gasteiger charge is 2.14. The number of unbranched alkanes of at least 4 members (excludes halogenated alkanes) is 1. The lowest BCUT2D eigenvalue weighted by molar-refractivity contribution is 0.192. The van der Waals surface area contributed by atoms with Crippen molar-refractivity contribution < 1.29 is 14.6 Å². The molecule has 4 nitrogen and oxygen atoms in total. The monoisotopic (exact) mass is 253 g/mol. The summed E-state index contributed by atoms with van der Waals surface area (Å²) in [5.41, 5.74) is 0.812. The number of rotatable bonds is 8. The fourth-order valence-electron chi connectivity index (χ4n) is 1.94. The first-order chi connectivity index (χ1) is 8.70. The molecule has 0 saturated carbocycles. The van der Waals surface area contributed by atoms with Crippen LogP contribution in [0.15, 0.2) is 18.2 Å². The van der Waals surface area contributed by atoms with Gasteiger partial charge < -0.3 is 19.9 Å². The molecule has 0 amide bonds. The van der Waals surface area contributed by atoms with E-state index >= 15 is 0 Å². The van der Waals surface area contributed by atoms with Crippen LogP contribution in [0.2, 0.25) is 0 Å². The molecule has 0 aromatic heterocycles. The number of aromatic hydroxyl groups is 1. The highest BCUT2D eigenvalue weighted by atomic mass is 16.5. The highest BCUT2D eigenvalue weighted by molar-refractivity contribution is 5.45. The predicted molar refractivity (Wildman–Crippen MR) is 72.2 cm³/mol. The number of methoxy groups -OCH3 is 2. The number of hydrogen-bond acceptors (Lipinski definition) is 4. The van der Waals surface area contributed by atoms with Crippen LogP contribution in [-0.2, 0) is 4.74 Å². The summed E-state index contributed by atoms with van der Waals surface area (Å²) in [7, 11) is 3.33. The van der Waals surface area contributed by atoms with Gasteiger partial charge in [-0.15, -0.1) is 0 Å². The van der Waals surface area contributed by atoms with Crippen LogP contribution in [-0.4, -0.2) is 32.5 Å². The average Bonchev–Trinajstić information content (AvgIpc) is 2.37. The van der Waals surface area contributed by atoms with Crippen molar-refractivity contribution in [1.82, 2.24) is 5.32 Å². The second kappa shape index (κ2) is 7.95. The minimum Gasteiger partial charge on any atom is -0.507 e. The second-order valence-corrected chi connectivity index (χ2v) is 4.27. The molecule has 0 aliphatic heterocycles. The molecule has 2 N–H and O–H groups in total. The molecule has 0 bridgehead atoms. The fourth-order valence-corrected chi connectivity index (χ4v) is 1.94. The van der Waals surface area contributed by atoms with E-state index in [1.54, 1.807) is 26.4 Å². The smallest absolute Gasteiger partial charge is 0.127 e. The molecule has 0 spiro atoms. The van der Waals surface area contributed by atoms with Gasteiger partial charge in [0.15, 0.2) is 0 Å². The van der Waals surface area contributed by atoms with Crippen molar-refractivity contribution in [3.63, 3.8) is 0 Å². The number of nitrogens with one attached hydrogen (secondary N) is 1. The minimum absolute atomic E-state index is 0.0590. The van der Waals surface area contributed by atoms with Crippen molar-refractivity contribution in [3.05, 3.63) is 23.8 Å². The molecular formula is C14H23NO3. The van der Waals surface area contributed by atoms with Crippen LogP contribution in [0.25, 0.3) is 0 Å². The summed E-state index contributed by atoms with van der Waals surface area (Å²) >= 11 is 0. The average molecular weight is 253 g/mol. The third kappa shape index (κ3) is 4.20. The van der Waals surface area contributed by atoms with Gasteiger partial charge >= 0.3 is 0 Å². The third-order valence-corrected chi connectivity index (χ3v) is 2.92. The zero-order chi connectivity index (χ0) is 13.4. The largest absolute Gasteiger partial charge is 0.507 e. The number of benzene rings is 1. The molecule has 18 heavy (non-hydrogen) atoms. The van der Waals surface area contributed by atoms with Gasteiger partial charge in [0.05, 0.1) is 12.7 Å². The summed E-state index contributed by atoms with van der Waals surface area (Å²) in [6.45, 7) is 3.70. The van der Waals surface area contributed by atoms with Crippen molar-refractivity contribution in [2.75, 3.05) is 27.4 Å². The quantitative estimate of drug-likeness (QED) is 0.699. The summed E-state index contributed by atoms with van der Waals surface area (Å²) in [5.74, 6) is 0.984. The molecule has 0 fully saturated rings. The van der Waals surface area contributed by atoms with E-state index in [1.807, 2.05) is 13.0 Å². The van der Waals surface area contributed by atoms with E-state index in [9.17, 15) is 5.11 Å². The highest BCUT2D eigenvalue weighted by Crippen LogP contribution is 2.32. The number of hydrogen-bond donors (Lipinski definition) is 2. The Balaban J connectivity index is 2.53. The van der Waals surface area contributed by atoms with Crippen LogP contribution < -0.4 is 10.1 Å². The molecule has 1 rings (SSSR count). The second-order valence-electron chi connectivity index (χ2n) is 4.27. The molecule has 0 saturated heterocycles. The molecule has 0 heterocycles. The van der Waals surface area contributed by atoms with Gasteiger partial charge in [-0.2, -0.15) is 0 Å². The van der Waals surface area contributed by atoms with Gasteiger partial charge in [-0.05, 0) is 38.4 Å². The molecule has 1 aromatic rings. The van der Waals surface area contributed by atoms with E-state index in [2.05, 4.69) is 5.32 Å². The Labute approximate surface area is 109 Å². The molecule has 102 valence electrons. The van der Waals surface area contributed by atoms with Gasteiger partial charge in [0.1, 0.15) is 11.5 Å². The zero-order valence-corrected chi connectivity index (χ0v) is 11.4. The molecule has 4 heteroatoms. The number of ether oxygens (including phenoxy) is 2. The van der Waals surface area contributed by atoms with Crippen molar-refractivity contribution in [2.45, 2.75) is 25.8 Å². The van der Waals surface area contributed by atoms with Crippen molar-refractivity contribution in [2.24, 2.45) is 0 Å². The molecule has 0 aliphatic carbocycles. The first-order valence-electron chi connectivity index (χ1n) is 6.29. The van der Waals surface area contributed by atoms with Gasteiger partial charge in [0.25, 0.3) is 0 Å². The first-order valence-corrected chi connectivity index (χ1v) is 6.29. The summed E-state index contributed by atoms with van der Waals surface area (Å²) in [5, 5.41) is 13.3. The normalized spacial score (nSPS) is 12.4. The van der Waals surface area contributed by atoms with Crippen LogP contribution in [0.1, 0.15) is 31.4 Å². The molecule has 1 aromatic carbocycles. The Morgan fingerprint density at radius 3 is 2.72 bits per heavy atom. The SMILES string of the molecule is COCCCCNC(C)c1c(O)cccc1OC. The van der Waals surface area contributed by atoms with Gasteiger partial charge in [-0.1, -0.05) is 6.07 Å². The van der Waals surface area contributed by atoms with Crippen LogP contribution in [0, 0.1) is 0 Å². The van der Waals surface area contributed by atoms with Crippen LogP contribution in [0.5, 0.6) is 11.5 Å². The van der Waals surface area contributed by atoms with Gasteiger partial charge in [0, 0.05) is 19.8 Å². The van der Waals surface area contributed by atoms with Crippen molar-refractivity contribution in [1.29, 1.82) is 0 Å². The van der Waals surface area contributed by atoms with E-state index in [-0.39, 0.29) is 11.8 Å². The molecular weight excluding hydrogens is 230 g/mol. The number of phenolic OH excluding ortho intramolecular Hbond substituents is 1. The zero-order valence-electron chi connectivity index (χ0n) is 11.4. The minimum atomic E-state index is 0.0590. The summed E-state index contributed by atoms with van der Waals surface area (Å²) < 4.78 is 10.3. The van der Waals surface area contributed by atoms with E-state index in [0.29, 0.717) is 5.75 Å². The Kier molecular flexibility index (Phi) is 6.54. The van der Waals surface area contributed by atoms with Gasteiger partial charge in [-0.25, -0.2) is 0 Å². The topological polar surface area (TPSA) is 50.7 Å². The van der Waals surface area contributed by atoms with Gasteiger partial charge in [0.2, 0.25) is 0 Å². The Bertz CT molecular complexity index is 355.